The number of methoxy groups -OCH3 is 1. The maximum atomic E-state index is 9.34. The van der Waals surface area contributed by atoms with Crippen LogP contribution in [0.1, 0.15) is 32.3 Å². The average Bonchev–Trinajstić information content (AvgIpc) is 2.33. The first-order valence-corrected chi connectivity index (χ1v) is 5.28. The molecule has 0 aliphatic rings. The summed E-state index contributed by atoms with van der Waals surface area (Å²) >= 11 is 0. The van der Waals surface area contributed by atoms with Crippen molar-refractivity contribution in [3.63, 3.8) is 0 Å². The number of hydrogen-bond acceptors (Lipinski definition) is 2. The summed E-state index contributed by atoms with van der Waals surface area (Å²) in [5.74, 6) is 0.808. The molecule has 0 heterocycles. The molecule has 0 spiro atoms. The molecule has 1 aromatic rings. The van der Waals surface area contributed by atoms with Gasteiger partial charge in [0.1, 0.15) is 5.75 Å². The molecule has 0 aliphatic heterocycles. The predicted octanol–water partition coefficient (Wildman–Crippen LogP) is 3.28. The van der Waals surface area contributed by atoms with Crippen LogP contribution in [0.4, 0.5) is 0 Å². The zero-order chi connectivity index (χ0) is 11.3. The quantitative estimate of drug-likeness (QED) is 0.752. The molecule has 0 amide bonds. The molecule has 0 fully saturated rings. The minimum atomic E-state index is -0.410. The van der Waals surface area contributed by atoms with Gasteiger partial charge in [0.2, 0.25) is 0 Å². The van der Waals surface area contributed by atoms with E-state index >= 15 is 0 Å². The van der Waals surface area contributed by atoms with Crippen LogP contribution in [0.2, 0.25) is 0 Å². The van der Waals surface area contributed by atoms with E-state index < -0.39 is 5.41 Å². The molecule has 0 aromatic heterocycles. The van der Waals surface area contributed by atoms with E-state index in [1.54, 1.807) is 7.11 Å². The van der Waals surface area contributed by atoms with Crippen LogP contribution >= 0.6 is 0 Å². The van der Waals surface area contributed by atoms with E-state index in [1.807, 2.05) is 38.1 Å². The lowest BCUT2D eigenvalue weighted by Crippen LogP contribution is -2.22. The summed E-state index contributed by atoms with van der Waals surface area (Å²) in [6.07, 6.45) is 1.61. The van der Waals surface area contributed by atoms with Gasteiger partial charge in [-0.3, -0.25) is 0 Å². The van der Waals surface area contributed by atoms with Gasteiger partial charge in [0.25, 0.3) is 0 Å². The molecule has 1 aromatic carbocycles. The molecule has 1 rings (SSSR count). The van der Waals surface area contributed by atoms with Crippen LogP contribution in [0.15, 0.2) is 24.3 Å². The third-order valence-corrected chi connectivity index (χ3v) is 3.04. The zero-order valence-corrected chi connectivity index (χ0v) is 9.58. The Morgan fingerprint density at radius 1 is 1.27 bits per heavy atom. The van der Waals surface area contributed by atoms with Gasteiger partial charge in [-0.25, -0.2) is 0 Å². The highest BCUT2D eigenvalue weighted by Gasteiger charge is 2.30. The fraction of sp³-hybridized carbons (Fsp3) is 0.462. The molecule has 0 saturated heterocycles. The summed E-state index contributed by atoms with van der Waals surface area (Å²) in [5.41, 5.74) is 0.590. The third kappa shape index (κ3) is 1.97. The lowest BCUT2D eigenvalue weighted by molar-refractivity contribution is 0.391. The number of para-hydroxylation sites is 1. The highest BCUT2D eigenvalue weighted by molar-refractivity contribution is 5.43. The minimum Gasteiger partial charge on any atom is -0.496 e. The van der Waals surface area contributed by atoms with Crippen LogP contribution in [-0.2, 0) is 5.41 Å². The first kappa shape index (κ1) is 11.6. The van der Waals surface area contributed by atoms with E-state index in [1.165, 1.54) is 0 Å². The fourth-order valence-electron chi connectivity index (χ4n) is 1.89. The second-order valence-electron chi connectivity index (χ2n) is 3.60. The molecule has 0 N–H and O–H groups in total. The molecule has 15 heavy (non-hydrogen) atoms. The minimum absolute atomic E-state index is 0.410. The molecule has 2 heteroatoms. The Bertz CT molecular complexity index is 361. The van der Waals surface area contributed by atoms with Crippen molar-refractivity contribution in [2.24, 2.45) is 0 Å². The first-order valence-electron chi connectivity index (χ1n) is 5.28. The number of hydrogen-bond donors (Lipinski definition) is 0. The van der Waals surface area contributed by atoms with E-state index in [0.29, 0.717) is 0 Å². The van der Waals surface area contributed by atoms with Gasteiger partial charge in [0.15, 0.2) is 0 Å². The van der Waals surface area contributed by atoms with Gasteiger partial charge in [-0.15, -0.1) is 0 Å². The molecule has 0 atom stereocenters. The molecule has 80 valence electrons. The van der Waals surface area contributed by atoms with Gasteiger partial charge in [-0.05, 0) is 18.9 Å². The first-order chi connectivity index (χ1) is 7.24. The normalized spacial score (nSPS) is 10.8. The molecule has 0 bridgehead atoms. The van der Waals surface area contributed by atoms with Crippen molar-refractivity contribution in [2.75, 3.05) is 7.11 Å². The SMILES string of the molecule is CCC(C#N)(CC)c1ccccc1OC. The standard InChI is InChI=1S/C13H17NO/c1-4-13(5-2,10-14)11-8-6-7-9-12(11)15-3/h6-9H,4-5H2,1-3H3. The topological polar surface area (TPSA) is 33.0 Å². The summed E-state index contributed by atoms with van der Waals surface area (Å²) in [7, 11) is 1.65. The van der Waals surface area contributed by atoms with Crippen LogP contribution in [0.25, 0.3) is 0 Å². The van der Waals surface area contributed by atoms with Gasteiger partial charge in [0.05, 0.1) is 18.6 Å². The van der Waals surface area contributed by atoms with Gasteiger partial charge in [0, 0.05) is 5.56 Å². The summed E-state index contributed by atoms with van der Waals surface area (Å²) in [5, 5.41) is 9.34. The Kier molecular flexibility index (Phi) is 3.74. The Morgan fingerprint density at radius 3 is 2.33 bits per heavy atom. The number of nitriles is 1. The lowest BCUT2D eigenvalue weighted by Gasteiger charge is -2.25. The van der Waals surface area contributed by atoms with Crippen molar-refractivity contribution in [1.29, 1.82) is 5.26 Å². The monoisotopic (exact) mass is 203 g/mol. The Balaban J connectivity index is 3.29. The van der Waals surface area contributed by atoms with Gasteiger partial charge in [-0.2, -0.15) is 5.26 Å². The van der Waals surface area contributed by atoms with Gasteiger partial charge < -0.3 is 4.74 Å². The van der Waals surface area contributed by atoms with E-state index in [4.69, 9.17) is 4.74 Å². The fourth-order valence-corrected chi connectivity index (χ4v) is 1.89. The molecule has 0 saturated carbocycles. The number of ether oxygens (including phenoxy) is 1. The van der Waals surface area contributed by atoms with Crippen LogP contribution in [0, 0.1) is 11.3 Å². The van der Waals surface area contributed by atoms with Crippen LogP contribution in [-0.4, -0.2) is 7.11 Å². The van der Waals surface area contributed by atoms with E-state index in [-0.39, 0.29) is 0 Å². The lowest BCUT2D eigenvalue weighted by atomic mass is 9.77. The second kappa shape index (κ2) is 4.84. The molecule has 0 aliphatic carbocycles. The van der Waals surface area contributed by atoms with Crippen molar-refractivity contribution in [1.82, 2.24) is 0 Å². The van der Waals surface area contributed by atoms with Crippen molar-refractivity contribution >= 4 is 0 Å². The zero-order valence-electron chi connectivity index (χ0n) is 9.58. The highest BCUT2D eigenvalue weighted by Crippen LogP contribution is 2.36. The van der Waals surface area contributed by atoms with E-state index in [0.717, 1.165) is 24.2 Å². The van der Waals surface area contributed by atoms with Crippen LogP contribution in [0.3, 0.4) is 0 Å². The van der Waals surface area contributed by atoms with Gasteiger partial charge >= 0.3 is 0 Å². The third-order valence-electron chi connectivity index (χ3n) is 3.04. The van der Waals surface area contributed by atoms with Gasteiger partial charge in [-0.1, -0.05) is 32.0 Å². The summed E-state index contributed by atoms with van der Waals surface area (Å²) in [4.78, 5) is 0. The highest BCUT2D eigenvalue weighted by atomic mass is 16.5. The van der Waals surface area contributed by atoms with Crippen LogP contribution in [0.5, 0.6) is 5.75 Å². The molecule has 0 radical (unpaired) electrons. The summed E-state index contributed by atoms with van der Waals surface area (Å²) < 4.78 is 5.31. The van der Waals surface area contributed by atoms with Crippen molar-refractivity contribution in [2.45, 2.75) is 32.1 Å². The summed E-state index contributed by atoms with van der Waals surface area (Å²) in [6.45, 7) is 4.08. The largest absolute Gasteiger partial charge is 0.496 e. The Labute approximate surface area is 91.5 Å². The summed E-state index contributed by atoms with van der Waals surface area (Å²) in [6, 6.07) is 10.2. The smallest absolute Gasteiger partial charge is 0.123 e. The van der Waals surface area contributed by atoms with Crippen molar-refractivity contribution in [3.8, 4) is 11.8 Å². The Hall–Kier alpha value is -1.49. The average molecular weight is 203 g/mol. The van der Waals surface area contributed by atoms with Crippen molar-refractivity contribution < 1.29 is 4.74 Å². The maximum absolute atomic E-state index is 9.34. The van der Waals surface area contributed by atoms with E-state index in [2.05, 4.69) is 6.07 Å². The molecular formula is C13H17NO. The van der Waals surface area contributed by atoms with E-state index in [9.17, 15) is 5.26 Å². The maximum Gasteiger partial charge on any atom is 0.123 e. The molecule has 0 unspecified atom stereocenters. The second-order valence-corrected chi connectivity index (χ2v) is 3.60. The molecule has 2 nitrogen and oxygen atoms in total. The Morgan fingerprint density at radius 2 is 1.87 bits per heavy atom. The predicted molar refractivity (Wildman–Crippen MR) is 60.9 cm³/mol. The number of benzene rings is 1. The van der Waals surface area contributed by atoms with Crippen molar-refractivity contribution in [3.05, 3.63) is 29.8 Å². The van der Waals surface area contributed by atoms with Crippen LogP contribution < -0.4 is 4.74 Å². The number of nitrogens with zero attached hydrogens (tertiary/aromatic N) is 1. The number of rotatable bonds is 4. The molecular weight excluding hydrogens is 186 g/mol.